The summed E-state index contributed by atoms with van der Waals surface area (Å²) in [7, 11) is 3.20. The molecule has 2 rings (SSSR count). The first-order chi connectivity index (χ1) is 6.57. The summed E-state index contributed by atoms with van der Waals surface area (Å²) in [5.41, 5.74) is 7.42. The molecule has 1 aliphatic rings. The highest BCUT2D eigenvalue weighted by Crippen LogP contribution is 2.43. The number of hydrogen-bond acceptors (Lipinski definition) is 3. The van der Waals surface area contributed by atoms with Crippen molar-refractivity contribution in [1.29, 1.82) is 0 Å². The molecule has 14 heavy (non-hydrogen) atoms. The van der Waals surface area contributed by atoms with Gasteiger partial charge in [-0.05, 0) is 24.5 Å². The molecule has 1 heterocycles. The third kappa shape index (κ3) is 1.32. The number of aryl methyl sites for hydroxylation is 1. The number of carbonyl (C=O) groups is 1. The Bertz CT molecular complexity index is 377. The fourth-order valence-electron chi connectivity index (χ4n) is 1.57. The van der Waals surface area contributed by atoms with Crippen LogP contribution in [0.25, 0.3) is 0 Å². The summed E-state index contributed by atoms with van der Waals surface area (Å²) < 4.78 is 6.42. The standard InChI is InChI=1S/C10H14N2O2/c1-12-6-7(10(11)3-4-10)5-8(12)9(13)14-2/h5-6H,3-4,11H2,1-2H3. The Morgan fingerprint density at radius 3 is 2.79 bits per heavy atom. The molecule has 1 saturated carbocycles. The number of nitrogens with two attached hydrogens (primary N) is 1. The maximum absolute atomic E-state index is 11.3. The van der Waals surface area contributed by atoms with Gasteiger partial charge in [-0.1, -0.05) is 0 Å². The first kappa shape index (κ1) is 9.27. The number of ether oxygens (including phenoxy) is 1. The molecule has 1 aromatic heterocycles. The number of methoxy groups -OCH3 is 1. The summed E-state index contributed by atoms with van der Waals surface area (Å²) in [5.74, 6) is -0.317. The Morgan fingerprint density at radius 2 is 2.29 bits per heavy atom. The second-order valence-corrected chi connectivity index (χ2v) is 3.87. The maximum Gasteiger partial charge on any atom is 0.354 e. The Morgan fingerprint density at radius 1 is 1.64 bits per heavy atom. The van der Waals surface area contributed by atoms with Crippen molar-refractivity contribution in [3.8, 4) is 0 Å². The lowest BCUT2D eigenvalue weighted by molar-refractivity contribution is 0.0590. The number of hydrogen-bond donors (Lipinski definition) is 1. The zero-order chi connectivity index (χ0) is 10.3. The normalized spacial score (nSPS) is 17.9. The van der Waals surface area contributed by atoms with E-state index in [4.69, 9.17) is 5.73 Å². The van der Waals surface area contributed by atoms with Crippen molar-refractivity contribution in [2.24, 2.45) is 12.8 Å². The van der Waals surface area contributed by atoms with Gasteiger partial charge in [0, 0.05) is 18.8 Å². The molecular formula is C10H14N2O2. The van der Waals surface area contributed by atoms with E-state index in [0.717, 1.165) is 18.4 Å². The maximum atomic E-state index is 11.3. The second kappa shape index (κ2) is 2.85. The minimum absolute atomic E-state index is 0.190. The van der Waals surface area contributed by atoms with E-state index in [1.54, 1.807) is 4.57 Å². The number of nitrogens with zero attached hydrogens (tertiary/aromatic N) is 1. The Balaban J connectivity index is 2.34. The molecule has 0 radical (unpaired) electrons. The average molecular weight is 194 g/mol. The fraction of sp³-hybridized carbons (Fsp3) is 0.500. The average Bonchev–Trinajstić information content (AvgIpc) is 2.78. The van der Waals surface area contributed by atoms with E-state index in [2.05, 4.69) is 4.74 Å². The van der Waals surface area contributed by atoms with Crippen LogP contribution in [0.2, 0.25) is 0 Å². The molecule has 2 N–H and O–H groups in total. The molecule has 4 heteroatoms. The quantitative estimate of drug-likeness (QED) is 0.707. The Hall–Kier alpha value is -1.29. The van der Waals surface area contributed by atoms with Crippen molar-refractivity contribution in [1.82, 2.24) is 4.57 Å². The Kier molecular flexibility index (Phi) is 1.89. The van der Waals surface area contributed by atoms with Gasteiger partial charge in [-0.3, -0.25) is 0 Å². The first-order valence-corrected chi connectivity index (χ1v) is 4.61. The van der Waals surface area contributed by atoms with Gasteiger partial charge < -0.3 is 15.0 Å². The van der Waals surface area contributed by atoms with Gasteiger partial charge in [0.2, 0.25) is 0 Å². The summed E-state index contributed by atoms with van der Waals surface area (Å²) in [6.45, 7) is 0. The lowest BCUT2D eigenvalue weighted by Gasteiger charge is -2.02. The topological polar surface area (TPSA) is 57.2 Å². The van der Waals surface area contributed by atoms with Gasteiger partial charge in [0.1, 0.15) is 5.69 Å². The molecule has 0 unspecified atom stereocenters. The monoisotopic (exact) mass is 194 g/mol. The van der Waals surface area contributed by atoms with Crippen LogP contribution in [0.3, 0.4) is 0 Å². The third-order valence-corrected chi connectivity index (χ3v) is 2.76. The van der Waals surface area contributed by atoms with E-state index in [-0.39, 0.29) is 11.5 Å². The summed E-state index contributed by atoms with van der Waals surface area (Å²) >= 11 is 0. The van der Waals surface area contributed by atoms with E-state index in [9.17, 15) is 4.79 Å². The molecule has 76 valence electrons. The van der Waals surface area contributed by atoms with E-state index in [0.29, 0.717) is 5.69 Å². The first-order valence-electron chi connectivity index (χ1n) is 4.61. The largest absolute Gasteiger partial charge is 0.464 e. The van der Waals surface area contributed by atoms with Crippen LogP contribution < -0.4 is 5.73 Å². The number of carbonyl (C=O) groups excluding carboxylic acids is 1. The van der Waals surface area contributed by atoms with Crippen molar-refractivity contribution in [2.45, 2.75) is 18.4 Å². The SMILES string of the molecule is COC(=O)c1cc(C2(N)CC2)cn1C. The van der Waals surface area contributed by atoms with E-state index < -0.39 is 0 Å². The third-order valence-electron chi connectivity index (χ3n) is 2.76. The lowest BCUT2D eigenvalue weighted by Crippen LogP contribution is -2.17. The van der Waals surface area contributed by atoms with Crippen LogP contribution in [0, 0.1) is 0 Å². The molecule has 0 spiro atoms. The second-order valence-electron chi connectivity index (χ2n) is 3.87. The molecule has 1 fully saturated rings. The molecule has 0 atom stereocenters. The van der Waals surface area contributed by atoms with Crippen LogP contribution >= 0.6 is 0 Å². The van der Waals surface area contributed by atoms with Gasteiger partial charge in [-0.15, -0.1) is 0 Å². The van der Waals surface area contributed by atoms with Gasteiger partial charge in [0.25, 0.3) is 0 Å². The predicted octanol–water partition coefficient (Wildman–Crippen LogP) is 0.759. The van der Waals surface area contributed by atoms with E-state index in [1.165, 1.54) is 7.11 Å². The van der Waals surface area contributed by atoms with Crippen LogP contribution in [0.15, 0.2) is 12.3 Å². The van der Waals surface area contributed by atoms with Crippen molar-refractivity contribution in [3.05, 3.63) is 23.5 Å². The van der Waals surface area contributed by atoms with E-state index >= 15 is 0 Å². The lowest BCUT2D eigenvalue weighted by atomic mass is 10.1. The van der Waals surface area contributed by atoms with Gasteiger partial charge in [-0.2, -0.15) is 0 Å². The summed E-state index contributed by atoms with van der Waals surface area (Å²) in [5, 5.41) is 0. The zero-order valence-corrected chi connectivity index (χ0v) is 8.41. The molecule has 1 aromatic rings. The number of rotatable bonds is 2. The summed E-state index contributed by atoms with van der Waals surface area (Å²) in [6.07, 6.45) is 3.90. The van der Waals surface area contributed by atoms with Crippen molar-refractivity contribution >= 4 is 5.97 Å². The van der Waals surface area contributed by atoms with Gasteiger partial charge in [-0.25, -0.2) is 4.79 Å². The molecule has 0 saturated heterocycles. The molecule has 0 amide bonds. The molecule has 0 bridgehead atoms. The molecular weight excluding hydrogens is 180 g/mol. The van der Waals surface area contributed by atoms with Crippen LogP contribution in [-0.4, -0.2) is 17.6 Å². The van der Waals surface area contributed by atoms with E-state index in [1.807, 2.05) is 19.3 Å². The molecule has 0 aliphatic heterocycles. The number of aromatic nitrogens is 1. The summed E-state index contributed by atoms with van der Waals surface area (Å²) in [4.78, 5) is 11.3. The highest BCUT2D eigenvalue weighted by atomic mass is 16.5. The molecule has 4 nitrogen and oxygen atoms in total. The highest BCUT2D eigenvalue weighted by molar-refractivity contribution is 5.88. The van der Waals surface area contributed by atoms with Crippen molar-refractivity contribution in [3.63, 3.8) is 0 Å². The summed E-state index contributed by atoms with van der Waals surface area (Å²) in [6, 6.07) is 1.82. The smallest absolute Gasteiger partial charge is 0.354 e. The Labute approximate surface area is 82.6 Å². The molecule has 0 aromatic carbocycles. The van der Waals surface area contributed by atoms with Crippen molar-refractivity contribution in [2.75, 3.05) is 7.11 Å². The molecule has 1 aliphatic carbocycles. The fourth-order valence-corrected chi connectivity index (χ4v) is 1.57. The minimum atomic E-state index is -0.317. The van der Waals surface area contributed by atoms with Crippen LogP contribution in [0.5, 0.6) is 0 Å². The van der Waals surface area contributed by atoms with Crippen molar-refractivity contribution < 1.29 is 9.53 Å². The predicted molar refractivity (Wildman–Crippen MR) is 51.9 cm³/mol. The van der Waals surface area contributed by atoms with Crippen LogP contribution in [0.4, 0.5) is 0 Å². The number of esters is 1. The van der Waals surface area contributed by atoms with Crippen LogP contribution in [-0.2, 0) is 17.3 Å². The minimum Gasteiger partial charge on any atom is -0.464 e. The van der Waals surface area contributed by atoms with Gasteiger partial charge >= 0.3 is 5.97 Å². The van der Waals surface area contributed by atoms with Crippen LogP contribution in [0.1, 0.15) is 28.9 Å². The highest BCUT2D eigenvalue weighted by Gasteiger charge is 2.41. The zero-order valence-electron chi connectivity index (χ0n) is 8.41. The van der Waals surface area contributed by atoms with Gasteiger partial charge in [0.15, 0.2) is 0 Å². The van der Waals surface area contributed by atoms with Gasteiger partial charge in [0.05, 0.1) is 7.11 Å².